The Hall–Kier alpha value is -4.29. The molecule has 3 aromatic carbocycles. The van der Waals surface area contributed by atoms with Crippen LogP contribution in [0.25, 0.3) is 10.8 Å². The van der Waals surface area contributed by atoms with Crippen LogP contribution < -0.4 is 15.8 Å². The molecule has 0 radical (unpaired) electrons. The van der Waals surface area contributed by atoms with Crippen molar-refractivity contribution in [2.24, 2.45) is 5.14 Å². The third kappa shape index (κ3) is 5.04. The summed E-state index contributed by atoms with van der Waals surface area (Å²) in [5.41, 5.74) is -0.561. The van der Waals surface area contributed by atoms with Crippen LogP contribution >= 0.6 is 0 Å². The maximum Gasteiger partial charge on any atom is 0.326 e. The Labute approximate surface area is 206 Å². The zero-order valence-corrected chi connectivity index (χ0v) is 19.9. The van der Waals surface area contributed by atoms with Crippen molar-refractivity contribution >= 4 is 50.3 Å². The Balaban J connectivity index is 1.35. The summed E-state index contributed by atoms with van der Waals surface area (Å²) in [6.45, 7) is 0.197. The molecule has 1 saturated heterocycles. The number of rotatable bonds is 7. The number of anilines is 1. The van der Waals surface area contributed by atoms with Crippen molar-refractivity contribution < 1.29 is 32.3 Å². The summed E-state index contributed by atoms with van der Waals surface area (Å²) in [6, 6.07) is 17.2. The maximum atomic E-state index is 13.1. The quantitative estimate of drug-likeness (QED) is 0.319. The lowest BCUT2D eigenvalue weighted by Crippen LogP contribution is -2.41. The van der Waals surface area contributed by atoms with E-state index in [1.54, 1.807) is 19.1 Å². The predicted octanol–water partition coefficient (Wildman–Crippen LogP) is 1.44. The molecule has 0 saturated carbocycles. The summed E-state index contributed by atoms with van der Waals surface area (Å²) in [5.74, 6) is -2.29. The van der Waals surface area contributed by atoms with E-state index in [0.29, 0.717) is 5.56 Å². The number of hydrogen-bond acceptors (Lipinski definition) is 7. The standard InChI is InChI=1S/C24H22N4O7S/c1-24(17-7-6-15-4-2-3-5-16(15)12-17)22(31)28(23(32)27-24)13-21(30)35-14-20(29)26-18-8-10-19(11-9-18)36(25,33)34/h2-12H,13-14H2,1H3,(H,26,29)(H,27,32)(H2,25,33,34). The van der Waals surface area contributed by atoms with Crippen LogP contribution in [0.5, 0.6) is 0 Å². The minimum absolute atomic E-state index is 0.129. The number of imide groups is 1. The number of benzene rings is 3. The molecule has 1 atom stereocenters. The van der Waals surface area contributed by atoms with Gasteiger partial charge < -0.3 is 15.4 Å². The second kappa shape index (κ2) is 9.40. The number of nitrogens with one attached hydrogen (secondary N) is 2. The number of nitrogens with two attached hydrogens (primary N) is 1. The molecule has 1 aliphatic heterocycles. The molecule has 186 valence electrons. The smallest absolute Gasteiger partial charge is 0.326 e. The summed E-state index contributed by atoms with van der Waals surface area (Å²) in [5, 5.41) is 11.9. The molecule has 12 heteroatoms. The van der Waals surface area contributed by atoms with Crippen molar-refractivity contribution in [2.45, 2.75) is 17.4 Å². The molecule has 36 heavy (non-hydrogen) atoms. The third-order valence-electron chi connectivity index (χ3n) is 5.72. The highest BCUT2D eigenvalue weighted by molar-refractivity contribution is 7.89. The molecule has 3 aromatic rings. The Morgan fingerprint density at radius 1 is 1.03 bits per heavy atom. The summed E-state index contributed by atoms with van der Waals surface area (Å²) in [7, 11) is -3.87. The predicted molar refractivity (Wildman–Crippen MR) is 129 cm³/mol. The van der Waals surface area contributed by atoms with Crippen molar-refractivity contribution in [2.75, 3.05) is 18.5 Å². The van der Waals surface area contributed by atoms with Crippen molar-refractivity contribution in [3.05, 3.63) is 72.3 Å². The number of carbonyl (C=O) groups excluding carboxylic acids is 4. The first-order chi connectivity index (χ1) is 17.0. The number of urea groups is 1. The van der Waals surface area contributed by atoms with Crippen LogP contribution in [0, 0.1) is 0 Å². The molecule has 1 fully saturated rings. The zero-order valence-electron chi connectivity index (χ0n) is 19.1. The Morgan fingerprint density at radius 3 is 2.36 bits per heavy atom. The molecular formula is C24H22N4O7S. The molecule has 4 rings (SSSR count). The summed E-state index contributed by atoms with van der Waals surface area (Å²) < 4.78 is 27.5. The van der Waals surface area contributed by atoms with E-state index in [1.807, 2.05) is 30.3 Å². The molecule has 0 bridgehead atoms. The Morgan fingerprint density at radius 2 is 1.69 bits per heavy atom. The molecular weight excluding hydrogens is 488 g/mol. The monoisotopic (exact) mass is 510 g/mol. The third-order valence-corrected chi connectivity index (χ3v) is 6.65. The van der Waals surface area contributed by atoms with Crippen LogP contribution in [0.2, 0.25) is 0 Å². The highest BCUT2D eigenvalue weighted by atomic mass is 32.2. The van der Waals surface area contributed by atoms with E-state index in [-0.39, 0.29) is 10.6 Å². The van der Waals surface area contributed by atoms with Gasteiger partial charge in [0.05, 0.1) is 4.90 Å². The van der Waals surface area contributed by atoms with Gasteiger partial charge in [-0.15, -0.1) is 0 Å². The average molecular weight is 511 g/mol. The second-order valence-corrected chi connectivity index (χ2v) is 9.85. The largest absolute Gasteiger partial charge is 0.454 e. The van der Waals surface area contributed by atoms with Crippen LogP contribution in [0.1, 0.15) is 12.5 Å². The highest BCUT2D eigenvalue weighted by Gasteiger charge is 2.49. The van der Waals surface area contributed by atoms with Gasteiger partial charge in [-0.3, -0.25) is 19.3 Å². The lowest BCUT2D eigenvalue weighted by atomic mass is 9.90. The number of carbonyl (C=O) groups is 4. The molecule has 1 heterocycles. The summed E-state index contributed by atoms with van der Waals surface area (Å²) in [4.78, 5) is 50.5. The van der Waals surface area contributed by atoms with Gasteiger partial charge in [-0.25, -0.2) is 18.4 Å². The minimum Gasteiger partial charge on any atom is -0.454 e. The molecule has 4 N–H and O–H groups in total. The fourth-order valence-corrected chi connectivity index (χ4v) is 4.30. The molecule has 4 amide bonds. The van der Waals surface area contributed by atoms with Gasteiger partial charge in [0.2, 0.25) is 10.0 Å². The zero-order chi connectivity index (χ0) is 26.1. The summed E-state index contributed by atoms with van der Waals surface area (Å²) >= 11 is 0. The molecule has 0 aromatic heterocycles. The van der Waals surface area contributed by atoms with Crippen LogP contribution in [0.15, 0.2) is 71.6 Å². The first-order valence-corrected chi connectivity index (χ1v) is 12.2. The molecule has 0 aliphatic carbocycles. The van der Waals surface area contributed by atoms with E-state index in [4.69, 9.17) is 9.88 Å². The minimum atomic E-state index is -3.87. The van der Waals surface area contributed by atoms with Gasteiger partial charge in [0, 0.05) is 5.69 Å². The number of hydrogen-bond donors (Lipinski definition) is 3. The van der Waals surface area contributed by atoms with Crippen LogP contribution in [-0.2, 0) is 34.7 Å². The van der Waals surface area contributed by atoms with Crippen molar-refractivity contribution in [3.8, 4) is 0 Å². The van der Waals surface area contributed by atoms with E-state index >= 15 is 0 Å². The van der Waals surface area contributed by atoms with Gasteiger partial charge in [-0.05, 0) is 53.6 Å². The highest BCUT2D eigenvalue weighted by Crippen LogP contribution is 2.31. The van der Waals surface area contributed by atoms with Crippen LogP contribution in [0.4, 0.5) is 10.5 Å². The van der Waals surface area contributed by atoms with Gasteiger partial charge in [0.15, 0.2) is 6.61 Å². The number of sulfonamides is 1. The average Bonchev–Trinajstić information content (AvgIpc) is 3.06. The first kappa shape index (κ1) is 24.8. The number of ether oxygens (including phenoxy) is 1. The van der Waals surface area contributed by atoms with Gasteiger partial charge in [0.1, 0.15) is 12.1 Å². The summed E-state index contributed by atoms with van der Waals surface area (Å²) in [6.07, 6.45) is 0. The van der Waals surface area contributed by atoms with Crippen molar-refractivity contribution in [3.63, 3.8) is 0 Å². The SMILES string of the molecule is CC1(c2ccc3ccccc3c2)NC(=O)N(CC(=O)OCC(=O)Nc2ccc(S(N)(=O)=O)cc2)C1=O. The fourth-order valence-electron chi connectivity index (χ4n) is 3.78. The van der Waals surface area contributed by atoms with E-state index < -0.39 is 52.5 Å². The number of fused-ring (bicyclic) bond motifs is 1. The Kier molecular flexibility index (Phi) is 6.48. The van der Waals surface area contributed by atoms with Gasteiger partial charge in [-0.1, -0.05) is 36.4 Å². The lowest BCUT2D eigenvalue weighted by molar-refractivity contribution is -0.150. The lowest BCUT2D eigenvalue weighted by Gasteiger charge is -2.22. The topological polar surface area (TPSA) is 165 Å². The Bertz CT molecular complexity index is 1490. The van der Waals surface area contributed by atoms with E-state index in [9.17, 15) is 27.6 Å². The molecule has 0 spiro atoms. The maximum absolute atomic E-state index is 13.1. The number of primary sulfonamides is 1. The normalized spacial score (nSPS) is 17.7. The van der Waals surface area contributed by atoms with Crippen molar-refractivity contribution in [1.29, 1.82) is 0 Å². The first-order valence-electron chi connectivity index (χ1n) is 10.7. The molecule has 1 unspecified atom stereocenters. The van der Waals surface area contributed by atoms with E-state index in [0.717, 1.165) is 15.7 Å². The van der Waals surface area contributed by atoms with Crippen molar-refractivity contribution in [1.82, 2.24) is 10.2 Å². The van der Waals surface area contributed by atoms with Crippen LogP contribution in [-0.4, -0.2) is 50.3 Å². The van der Waals surface area contributed by atoms with E-state index in [1.165, 1.54) is 24.3 Å². The van der Waals surface area contributed by atoms with Gasteiger partial charge in [-0.2, -0.15) is 0 Å². The number of esters is 1. The molecule has 1 aliphatic rings. The van der Waals surface area contributed by atoms with E-state index in [2.05, 4.69) is 10.6 Å². The van der Waals surface area contributed by atoms with Gasteiger partial charge >= 0.3 is 12.0 Å². The second-order valence-electron chi connectivity index (χ2n) is 8.29. The fraction of sp³-hybridized carbons (Fsp3) is 0.167. The molecule has 11 nitrogen and oxygen atoms in total. The number of nitrogens with zero attached hydrogens (tertiary/aromatic N) is 1. The van der Waals surface area contributed by atoms with Gasteiger partial charge in [0.25, 0.3) is 11.8 Å². The number of amides is 4. The van der Waals surface area contributed by atoms with Crippen LogP contribution in [0.3, 0.4) is 0 Å².